The first kappa shape index (κ1) is 19.2. The second-order valence-electron chi connectivity index (χ2n) is 7.17. The summed E-state index contributed by atoms with van der Waals surface area (Å²) in [5, 5.41) is 0.628. The third-order valence-corrected chi connectivity index (χ3v) is 7.04. The number of para-hydroxylation sites is 1. The monoisotopic (exact) mass is 438 g/mol. The van der Waals surface area contributed by atoms with Gasteiger partial charge in [-0.25, -0.2) is 4.39 Å². The second-order valence-corrected chi connectivity index (χ2v) is 8.78. The number of carbonyl (C=O) groups excluding carboxylic acids is 2. The molecule has 0 N–H and O–H groups in total. The van der Waals surface area contributed by atoms with Crippen molar-refractivity contribution in [2.75, 3.05) is 15.6 Å². The van der Waals surface area contributed by atoms with Crippen molar-refractivity contribution >= 4 is 46.6 Å². The molecule has 0 bridgehead atoms. The van der Waals surface area contributed by atoms with Crippen molar-refractivity contribution in [3.8, 4) is 0 Å². The molecule has 1 spiro atoms. The SMILES string of the molecule is O=C1CSC2(C(=O)N(Cc3ccc(Cl)cc3)c3ccccc32)N1c1ccc(F)cc1. The average molecular weight is 439 g/mol. The maximum atomic E-state index is 13.9. The molecule has 1 fully saturated rings. The first-order valence-electron chi connectivity index (χ1n) is 9.39. The van der Waals surface area contributed by atoms with Crippen molar-refractivity contribution in [3.63, 3.8) is 0 Å². The standard InChI is InChI=1S/C23H16ClFN2O2S/c24-16-7-5-15(6-8-16)13-26-20-4-2-1-3-19(20)23(22(26)29)27(21(28)14-30-23)18-11-9-17(25)10-12-18/h1-12H,13-14H2. The molecule has 5 rings (SSSR count). The number of thioether (sulfide) groups is 1. The molecule has 3 aromatic rings. The lowest BCUT2D eigenvalue weighted by molar-refractivity contribution is -0.123. The van der Waals surface area contributed by atoms with Gasteiger partial charge in [-0.2, -0.15) is 0 Å². The maximum Gasteiger partial charge on any atom is 0.269 e. The molecular formula is C23H16ClFN2O2S. The summed E-state index contributed by atoms with van der Waals surface area (Å²) in [5.41, 5.74) is 2.97. The number of anilines is 2. The van der Waals surface area contributed by atoms with E-state index in [0.29, 0.717) is 17.3 Å². The van der Waals surface area contributed by atoms with Gasteiger partial charge in [-0.3, -0.25) is 14.5 Å². The fourth-order valence-electron chi connectivity index (χ4n) is 4.07. The van der Waals surface area contributed by atoms with E-state index in [9.17, 15) is 14.0 Å². The summed E-state index contributed by atoms with van der Waals surface area (Å²) in [6, 6.07) is 20.6. The number of amides is 2. The molecule has 0 aromatic heterocycles. The van der Waals surface area contributed by atoms with Gasteiger partial charge in [0.2, 0.25) is 10.8 Å². The predicted octanol–water partition coefficient (Wildman–Crippen LogP) is 4.96. The van der Waals surface area contributed by atoms with Gasteiger partial charge in [-0.15, -0.1) is 11.8 Å². The highest BCUT2D eigenvalue weighted by atomic mass is 35.5. The van der Waals surface area contributed by atoms with E-state index in [-0.39, 0.29) is 17.6 Å². The van der Waals surface area contributed by atoms with Gasteiger partial charge in [0, 0.05) is 16.3 Å². The van der Waals surface area contributed by atoms with Gasteiger partial charge >= 0.3 is 0 Å². The van der Waals surface area contributed by atoms with E-state index in [1.54, 1.807) is 29.2 Å². The van der Waals surface area contributed by atoms with E-state index in [0.717, 1.165) is 16.8 Å². The van der Waals surface area contributed by atoms with E-state index < -0.39 is 10.7 Å². The lowest BCUT2D eigenvalue weighted by atomic mass is 10.0. The Balaban J connectivity index is 1.62. The molecule has 2 aliphatic rings. The number of benzene rings is 3. The molecule has 2 amide bonds. The van der Waals surface area contributed by atoms with Crippen LogP contribution in [0.2, 0.25) is 5.02 Å². The normalized spacial score (nSPS) is 20.3. The summed E-state index contributed by atoms with van der Waals surface area (Å²) < 4.78 is 13.5. The fourth-order valence-corrected chi connectivity index (χ4v) is 5.56. The molecule has 1 saturated heterocycles. The molecule has 150 valence electrons. The summed E-state index contributed by atoms with van der Waals surface area (Å²) in [6.07, 6.45) is 0. The molecule has 4 nitrogen and oxygen atoms in total. The van der Waals surface area contributed by atoms with Gasteiger partial charge in [0.05, 0.1) is 18.0 Å². The highest BCUT2D eigenvalue weighted by Gasteiger charge is 2.60. The van der Waals surface area contributed by atoms with Crippen LogP contribution >= 0.6 is 23.4 Å². The number of hydrogen-bond donors (Lipinski definition) is 0. The van der Waals surface area contributed by atoms with E-state index in [1.165, 1.54) is 28.8 Å². The average Bonchev–Trinajstić information content (AvgIpc) is 3.22. The zero-order valence-corrected chi connectivity index (χ0v) is 17.3. The van der Waals surface area contributed by atoms with E-state index in [4.69, 9.17) is 11.6 Å². The Labute approximate surface area is 182 Å². The van der Waals surface area contributed by atoms with Crippen molar-refractivity contribution in [3.05, 3.63) is 94.8 Å². The predicted molar refractivity (Wildman–Crippen MR) is 117 cm³/mol. The molecule has 0 radical (unpaired) electrons. The maximum absolute atomic E-state index is 13.9. The van der Waals surface area contributed by atoms with E-state index in [1.807, 2.05) is 36.4 Å². The second kappa shape index (κ2) is 7.15. The van der Waals surface area contributed by atoms with Crippen LogP contribution in [0, 0.1) is 5.82 Å². The van der Waals surface area contributed by atoms with Gasteiger partial charge < -0.3 is 4.90 Å². The first-order chi connectivity index (χ1) is 14.5. The highest BCUT2D eigenvalue weighted by Crippen LogP contribution is 2.55. The zero-order chi connectivity index (χ0) is 20.9. The van der Waals surface area contributed by atoms with Crippen molar-refractivity contribution in [2.45, 2.75) is 11.4 Å². The van der Waals surface area contributed by atoms with Crippen LogP contribution in [0.4, 0.5) is 15.8 Å². The van der Waals surface area contributed by atoms with Crippen molar-refractivity contribution in [1.82, 2.24) is 0 Å². The molecule has 7 heteroatoms. The smallest absolute Gasteiger partial charge is 0.269 e. The number of nitrogens with zero attached hydrogens (tertiary/aromatic N) is 2. The van der Waals surface area contributed by atoms with Crippen LogP contribution in [-0.4, -0.2) is 17.6 Å². The topological polar surface area (TPSA) is 40.6 Å². The summed E-state index contributed by atoms with van der Waals surface area (Å²) in [7, 11) is 0. The Bertz CT molecular complexity index is 1150. The van der Waals surface area contributed by atoms with Crippen molar-refractivity contribution in [1.29, 1.82) is 0 Å². The van der Waals surface area contributed by atoms with Crippen LogP contribution in [0.3, 0.4) is 0 Å². The highest BCUT2D eigenvalue weighted by molar-refractivity contribution is 8.02. The van der Waals surface area contributed by atoms with Crippen molar-refractivity contribution in [2.24, 2.45) is 0 Å². The molecule has 1 atom stereocenters. The van der Waals surface area contributed by atoms with E-state index in [2.05, 4.69) is 0 Å². The first-order valence-corrected chi connectivity index (χ1v) is 10.8. The van der Waals surface area contributed by atoms with Gasteiger partial charge in [0.25, 0.3) is 5.91 Å². The molecule has 2 aliphatic heterocycles. The summed E-state index contributed by atoms with van der Waals surface area (Å²) in [4.78, 5) is 28.8. The minimum absolute atomic E-state index is 0.173. The number of hydrogen-bond acceptors (Lipinski definition) is 3. The Morgan fingerprint density at radius 1 is 0.967 bits per heavy atom. The fraction of sp³-hybridized carbons (Fsp3) is 0.130. The van der Waals surface area contributed by atoms with Gasteiger partial charge in [0.1, 0.15) is 5.82 Å². The van der Waals surface area contributed by atoms with Gasteiger partial charge in [0.15, 0.2) is 0 Å². The Hall–Kier alpha value is -2.83. The number of halogens is 2. The molecule has 30 heavy (non-hydrogen) atoms. The van der Waals surface area contributed by atoms with Crippen LogP contribution in [0.25, 0.3) is 0 Å². The Morgan fingerprint density at radius 2 is 1.67 bits per heavy atom. The molecule has 2 heterocycles. The quantitative estimate of drug-likeness (QED) is 0.580. The van der Waals surface area contributed by atoms with Gasteiger partial charge in [-0.1, -0.05) is 41.9 Å². The van der Waals surface area contributed by atoms with Gasteiger partial charge in [-0.05, 0) is 48.0 Å². The molecular weight excluding hydrogens is 423 g/mol. The van der Waals surface area contributed by atoms with E-state index >= 15 is 0 Å². The minimum atomic E-state index is -1.20. The largest absolute Gasteiger partial charge is 0.304 e. The molecule has 0 saturated carbocycles. The third-order valence-electron chi connectivity index (χ3n) is 5.40. The van der Waals surface area contributed by atoms with Crippen LogP contribution < -0.4 is 9.80 Å². The number of fused-ring (bicyclic) bond motifs is 2. The van der Waals surface area contributed by atoms with Crippen LogP contribution in [0.1, 0.15) is 11.1 Å². The Kier molecular flexibility index (Phi) is 4.56. The number of rotatable bonds is 3. The molecule has 3 aromatic carbocycles. The van der Waals surface area contributed by atoms with Crippen molar-refractivity contribution < 1.29 is 14.0 Å². The summed E-state index contributed by atoms with van der Waals surface area (Å²) in [5.74, 6) is -0.580. The van der Waals surface area contributed by atoms with Crippen LogP contribution in [-0.2, 0) is 21.0 Å². The Morgan fingerprint density at radius 3 is 2.40 bits per heavy atom. The zero-order valence-electron chi connectivity index (χ0n) is 15.7. The van der Waals surface area contributed by atoms with Crippen LogP contribution in [0.15, 0.2) is 72.8 Å². The summed E-state index contributed by atoms with van der Waals surface area (Å²) >= 11 is 7.30. The lowest BCUT2D eigenvalue weighted by Gasteiger charge is -2.33. The molecule has 0 aliphatic carbocycles. The minimum Gasteiger partial charge on any atom is -0.304 e. The summed E-state index contributed by atoms with van der Waals surface area (Å²) in [6.45, 7) is 0.362. The lowest BCUT2D eigenvalue weighted by Crippen LogP contribution is -2.49. The molecule has 1 unspecified atom stereocenters. The van der Waals surface area contributed by atoms with Crippen LogP contribution in [0.5, 0.6) is 0 Å². The third kappa shape index (κ3) is 2.82. The number of carbonyl (C=O) groups is 2.